The van der Waals surface area contributed by atoms with Crippen molar-refractivity contribution in [1.82, 2.24) is 9.97 Å². The van der Waals surface area contributed by atoms with Crippen LogP contribution in [-0.4, -0.2) is 28.5 Å². The zero-order valence-electron chi connectivity index (χ0n) is 9.86. The molecule has 0 aromatic carbocycles. The van der Waals surface area contributed by atoms with Crippen LogP contribution < -0.4 is 17.0 Å². The molecular weight excluding hydrogens is 240 g/mol. The smallest absolute Gasteiger partial charge is 0.310 e. The van der Waals surface area contributed by atoms with E-state index in [4.69, 9.17) is 16.2 Å². The Kier molecular flexibility index (Phi) is 4.41. The minimum Gasteiger partial charge on any atom is -0.466 e. The number of nitrogens with one attached hydrogen (secondary N) is 1. The first-order valence-corrected chi connectivity index (χ1v) is 5.25. The second-order valence-corrected chi connectivity index (χ2v) is 3.50. The predicted molar refractivity (Wildman–Crippen MR) is 62.5 cm³/mol. The minimum absolute atomic E-state index is 0.0154. The van der Waals surface area contributed by atoms with Crippen molar-refractivity contribution in [2.24, 2.45) is 5.73 Å². The van der Waals surface area contributed by atoms with Gasteiger partial charge in [0, 0.05) is 0 Å². The predicted octanol–water partition coefficient (Wildman–Crippen LogP) is -1.51. The molecule has 0 spiro atoms. The second-order valence-electron chi connectivity index (χ2n) is 3.50. The molecule has 0 unspecified atom stereocenters. The van der Waals surface area contributed by atoms with E-state index in [1.165, 1.54) is 0 Å². The fourth-order valence-corrected chi connectivity index (χ4v) is 1.34. The Labute approximate surface area is 102 Å². The van der Waals surface area contributed by atoms with Gasteiger partial charge >= 0.3 is 5.97 Å². The molecule has 98 valence electrons. The summed E-state index contributed by atoms with van der Waals surface area (Å²) < 4.78 is 4.70. The van der Waals surface area contributed by atoms with Gasteiger partial charge in [-0.25, -0.2) is 4.98 Å². The van der Waals surface area contributed by atoms with Gasteiger partial charge in [-0.3, -0.25) is 14.4 Å². The van der Waals surface area contributed by atoms with E-state index in [2.05, 4.69) is 9.97 Å². The Hall–Kier alpha value is -2.38. The lowest BCUT2D eigenvalue weighted by Gasteiger charge is -2.05. The van der Waals surface area contributed by atoms with E-state index in [0.717, 1.165) is 0 Å². The van der Waals surface area contributed by atoms with Gasteiger partial charge < -0.3 is 21.2 Å². The number of ether oxygens (including phenoxy) is 1. The molecular formula is C10H14N4O4. The molecule has 0 aliphatic rings. The summed E-state index contributed by atoms with van der Waals surface area (Å²) in [6, 6.07) is 0. The number of hydrogen-bond donors (Lipinski definition) is 3. The molecule has 1 amide bonds. The first kappa shape index (κ1) is 13.7. The molecule has 0 aliphatic heterocycles. The number of anilines is 1. The highest BCUT2D eigenvalue weighted by Gasteiger charge is 2.14. The van der Waals surface area contributed by atoms with Crippen molar-refractivity contribution >= 4 is 17.7 Å². The van der Waals surface area contributed by atoms with Gasteiger partial charge in [0.2, 0.25) is 5.91 Å². The van der Waals surface area contributed by atoms with Crippen LogP contribution in [0, 0.1) is 0 Å². The van der Waals surface area contributed by atoms with E-state index >= 15 is 0 Å². The number of aromatic amines is 1. The van der Waals surface area contributed by atoms with Crippen LogP contribution in [0.3, 0.4) is 0 Å². The molecule has 18 heavy (non-hydrogen) atoms. The number of hydrogen-bond acceptors (Lipinski definition) is 6. The summed E-state index contributed by atoms with van der Waals surface area (Å²) in [7, 11) is 0. The third kappa shape index (κ3) is 3.58. The molecule has 8 nitrogen and oxygen atoms in total. The lowest BCUT2D eigenvalue weighted by molar-refractivity contribution is -0.142. The zero-order chi connectivity index (χ0) is 13.7. The maximum Gasteiger partial charge on any atom is 0.310 e. The Balaban J connectivity index is 2.98. The molecule has 5 N–H and O–H groups in total. The van der Waals surface area contributed by atoms with E-state index in [9.17, 15) is 14.4 Å². The lowest BCUT2D eigenvalue weighted by atomic mass is 10.2. The quantitative estimate of drug-likeness (QED) is 0.545. The number of esters is 1. The van der Waals surface area contributed by atoms with Crippen LogP contribution in [0.4, 0.5) is 5.82 Å². The number of carbonyl (C=O) groups is 2. The molecule has 0 radical (unpaired) electrons. The van der Waals surface area contributed by atoms with Gasteiger partial charge in [0.15, 0.2) is 0 Å². The van der Waals surface area contributed by atoms with Crippen molar-refractivity contribution in [2.45, 2.75) is 19.8 Å². The first-order chi connectivity index (χ1) is 8.43. The van der Waals surface area contributed by atoms with E-state index in [1.807, 2.05) is 0 Å². The zero-order valence-corrected chi connectivity index (χ0v) is 9.86. The molecule has 1 heterocycles. The van der Waals surface area contributed by atoms with Crippen molar-refractivity contribution in [1.29, 1.82) is 0 Å². The monoisotopic (exact) mass is 254 g/mol. The van der Waals surface area contributed by atoms with E-state index < -0.39 is 17.4 Å². The third-order valence-electron chi connectivity index (χ3n) is 2.06. The van der Waals surface area contributed by atoms with Crippen LogP contribution >= 0.6 is 0 Å². The molecule has 0 aliphatic carbocycles. The van der Waals surface area contributed by atoms with E-state index in [0.29, 0.717) is 0 Å². The first-order valence-electron chi connectivity index (χ1n) is 5.25. The molecule has 0 bridgehead atoms. The molecule has 0 saturated carbocycles. The average molecular weight is 254 g/mol. The van der Waals surface area contributed by atoms with Gasteiger partial charge in [0.1, 0.15) is 11.6 Å². The molecule has 8 heteroatoms. The summed E-state index contributed by atoms with van der Waals surface area (Å²) in [6.45, 7) is 1.86. The summed E-state index contributed by atoms with van der Waals surface area (Å²) in [5, 5.41) is 0. The van der Waals surface area contributed by atoms with Crippen molar-refractivity contribution in [3.05, 3.63) is 21.7 Å². The van der Waals surface area contributed by atoms with Crippen molar-refractivity contribution in [3.8, 4) is 0 Å². The highest BCUT2D eigenvalue weighted by molar-refractivity contribution is 5.76. The summed E-state index contributed by atoms with van der Waals surface area (Å²) in [5.41, 5.74) is 9.96. The van der Waals surface area contributed by atoms with Crippen molar-refractivity contribution in [3.63, 3.8) is 0 Å². The van der Waals surface area contributed by atoms with Crippen LogP contribution in [0.2, 0.25) is 0 Å². The molecule has 0 saturated heterocycles. The van der Waals surface area contributed by atoms with Gasteiger partial charge in [-0.05, 0) is 6.92 Å². The Morgan fingerprint density at radius 2 is 2.06 bits per heavy atom. The maximum absolute atomic E-state index is 11.6. The number of nitrogens with two attached hydrogens (primary N) is 2. The van der Waals surface area contributed by atoms with Crippen molar-refractivity contribution < 1.29 is 14.3 Å². The van der Waals surface area contributed by atoms with Gasteiger partial charge in [0.05, 0.1) is 25.0 Å². The maximum atomic E-state index is 11.6. The minimum atomic E-state index is -0.643. The molecule has 0 atom stereocenters. The van der Waals surface area contributed by atoms with Gasteiger partial charge in [-0.15, -0.1) is 0 Å². The van der Waals surface area contributed by atoms with Gasteiger partial charge in [-0.2, -0.15) is 0 Å². The number of amides is 1. The summed E-state index contributed by atoms with van der Waals surface area (Å²) in [5.74, 6) is -1.25. The third-order valence-corrected chi connectivity index (χ3v) is 2.06. The van der Waals surface area contributed by atoms with Gasteiger partial charge in [0.25, 0.3) is 5.56 Å². The van der Waals surface area contributed by atoms with Crippen LogP contribution in [0.5, 0.6) is 0 Å². The lowest BCUT2D eigenvalue weighted by Crippen LogP contribution is -2.25. The normalized spacial score (nSPS) is 10.1. The van der Waals surface area contributed by atoms with Crippen LogP contribution in [0.1, 0.15) is 18.3 Å². The number of nitrogen functional groups attached to an aromatic ring is 1. The van der Waals surface area contributed by atoms with E-state index in [1.54, 1.807) is 6.92 Å². The fourth-order valence-electron chi connectivity index (χ4n) is 1.34. The SMILES string of the molecule is CCOC(=O)Cc1c(N)nc(CC(N)=O)[nH]c1=O. The Morgan fingerprint density at radius 3 is 2.56 bits per heavy atom. The van der Waals surface area contributed by atoms with Gasteiger partial charge in [-0.1, -0.05) is 0 Å². The number of primary amides is 1. The number of carbonyl (C=O) groups excluding carboxylic acids is 2. The average Bonchev–Trinajstić information content (AvgIpc) is 2.23. The molecule has 0 fully saturated rings. The number of nitrogens with zero attached hydrogens (tertiary/aromatic N) is 1. The van der Waals surface area contributed by atoms with Crippen LogP contribution in [0.25, 0.3) is 0 Å². The highest BCUT2D eigenvalue weighted by atomic mass is 16.5. The highest BCUT2D eigenvalue weighted by Crippen LogP contribution is 2.05. The Bertz CT molecular complexity index is 523. The summed E-state index contributed by atoms with van der Waals surface area (Å²) >= 11 is 0. The molecule has 1 aromatic heterocycles. The summed E-state index contributed by atoms with van der Waals surface area (Å²) in [6.07, 6.45) is -0.488. The molecule has 1 aromatic rings. The van der Waals surface area contributed by atoms with Crippen molar-refractivity contribution in [2.75, 3.05) is 12.3 Å². The number of aromatic nitrogens is 2. The van der Waals surface area contributed by atoms with Crippen LogP contribution in [0.15, 0.2) is 4.79 Å². The van der Waals surface area contributed by atoms with Crippen LogP contribution in [-0.2, 0) is 27.2 Å². The largest absolute Gasteiger partial charge is 0.466 e. The second kappa shape index (κ2) is 5.80. The Morgan fingerprint density at radius 1 is 1.39 bits per heavy atom. The molecule has 1 rings (SSSR count). The number of H-pyrrole nitrogens is 1. The topological polar surface area (TPSA) is 141 Å². The standard InChI is InChI=1S/C10H14N4O4/c1-2-18-8(16)3-5-9(12)13-7(4-6(11)15)14-10(5)17/h2-4H2,1H3,(H2,11,15)(H3,12,13,14,17). The van der Waals surface area contributed by atoms with E-state index in [-0.39, 0.29) is 36.7 Å². The fraction of sp³-hybridized carbons (Fsp3) is 0.400. The summed E-state index contributed by atoms with van der Waals surface area (Å²) in [4.78, 5) is 39.7. The number of rotatable bonds is 5.